The number of nitrogens with one attached hydrogen (secondary N) is 2. The van der Waals surface area contributed by atoms with Gasteiger partial charge in [-0.05, 0) is 23.6 Å². The fourth-order valence-corrected chi connectivity index (χ4v) is 2.70. The van der Waals surface area contributed by atoms with Crippen LogP contribution in [0, 0.1) is 45.3 Å². The lowest BCUT2D eigenvalue weighted by Gasteiger charge is -2.05. The van der Waals surface area contributed by atoms with Gasteiger partial charge in [-0.15, -0.1) is 0 Å². The zero-order valence-corrected chi connectivity index (χ0v) is 12.9. The van der Waals surface area contributed by atoms with E-state index in [9.17, 15) is 0 Å². The Morgan fingerprint density at radius 2 is 1.38 bits per heavy atom. The SMILES string of the molecule is N#CC(C#N)=C1Nc2cc3ccc4c(c3cc2O1)OC(=C(C#N)C#N)N4. The van der Waals surface area contributed by atoms with Crippen LogP contribution >= 0.6 is 0 Å². The number of anilines is 2. The second-order valence-electron chi connectivity index (χ2n) is 5.32. The number of ether oxygens (including phenoxy) is 2. The van der Waals surface area contributed by atoms with Crippen LogP contribution < -0.4 is 20.1 Å². The summed E-state index contributed by atoms with van der Waals surface area (Å²) in [5.74, 6) is 1.05. The van der Waals surface area contributed by atoms with Gasteiger partial charge in [0.05, 0.1) is 11.4 Å². The highest BCUT2D eigenvalue weighted by Gasteiger charge is 2.26. The molecule has 2 heterocycles. The van der Waals surface area contributed by atoms with E-state index in [2.05, 4.69) is 10.6 Å². The maximum absolute atomic E-state index is 9.00. The van der Waals surface area contributed by atoms with Gasteiger partial charge in [0.1, 0.15) is 24.3 Å². The van der Waals surface area contributed by atoms with Crippen LogP contribution in [0.4, 0.5) is 11.4 Å². The van der Waals surface area contributed by atoms with E-state index < -0.39 is 0 Å². The smallest absolute Gasteiger partial charge is 0.226 e. The monoisotopic (exact) mass is 338 g/mol. The lowest BCUT2D eigenvalue weighted by molar-refractivity contribution is 0.452. The van der Waals surface area contributed by atoms with Crippen molar-refractivity contribution in [1.29, 1.82) is 21.0 Å². The molecule has 0 spiro atoms. The van der Waals surface area contributed by atoms with Crippen LogP contribution in [-0.4, -0.2) is 0 Å². The average Bonchev–Trinajstić information content (AvgIpc) is 3.25. The Morgan fingerprint density at radius 3 is 2.04 bits per heavy atom. The summed E-state index contributed by atoms with van der Waals surface area (Å²) in [4.78, 5) is 0. The van der Waals surface area contributed by atoms with Gasteiger partial charge >= 0.3 is 0 Å². The summed E-state index contributed by atoms with van der Waals surface area (Å²) in [6, 6.07) is 14.2. The van der Waals surface area contributed by atoms with Crippen molar-refractivity contribution in [2.24, 2.45) is 0 Å². The van der Waals surface area contributed by atoms with Crippen LogP contribution in [0.3, 0.4) is 0 Å². The number of allylic oxidation sites excluding steroid dienone is 2. The number of fused-ring (bicyclic) bond motifs is 4. The van der Waals surface area contributed by atoms with Gasteiger partial charge in [-0.25, -0.2) is 0 Å². The molecule has 26 heavy (non-hydrogen) atoms. The molecule has 0 saturated carbocycles. The summed E-state index contributed by atoms with van der Waals surface area (Å²) in [6.45, 7) is 0. The molecule has 4 rings (SSSR count). The summed E-state index contributed by atoms with van der Waals surface area (Å²) >= 11 is 0. The van der Waals surface area contributed by atoms with Crippen molar-refractivity contribution >= 4 is 22.1 Å². The predicted molar refractivity (Wildman–Crippen MR) is 89.0 cm³/mol. The zero-order chi connectivity index (χ0) is 18.3. The third kappa shape index (κ3) is 2.05. The zero-order valence-electron chi connectivity index (χ0n) is 12.9. The Morgan fingerprint density at radius 1 is 0.769 bits per heavy atom. The highest BCUT2D eigenvalue weighted by molar-refractivity contribution is 5.99. The van der Waals surface area contributed by atoms with Crippen LogP contribution in [0.1, 0.15) is 0 Å². The molecule has 0 saturated heterocycles. The first-order valence-corrected chi connectivity index (χ1v) is 7.28. The molecule has 2 aliphatic rings. The third-order valence-corrected chi connectivity index (χ3v) is 3.88. The minimum Gasteiger partial charge on any atom is -0.437 e. The molecule has 2 aromatic carbocycles. The molecule has 2 aliphatic heterocycles. The molecule has 0 atom stereocenters. The lowest BCUT2D eigenvalue weighted by atomic mass is 10.1. The summed E-state index contributed by atoms with van der Waals surface area (Å²) in [6.07, 6.45) is 0. The molecule has 0 aliphatic carbocycles. The topological polar surface area (TPSA) is 138 Å². The second kappa shape index (κ2) is 5.46. The van der Waals surface area contributed by atoms with E-state index in [0.29, 0.717) is 28.3 Å². The van der Waals surface area contributed by atoms with E-state index in [1.54, 1.807) is 42.5 Å². The van der Waals surface area contributed by atoms with Crippen molar-refractivity contribution in [2.75, 3.05) is 10.6 Å². The quantitative estimate of drug-likeness (QED) is 0.699. The molecule has 2 N–H and O–H groups in total. The first-order chi connectivity index (χ1) is 12.7. The van der Waals surface area contributed by atoms with Gasteiger partial charge in [-0.3, -0.25) is 0 Å². The maximum atomic E-state index is 9.00. The summed E-state index contributed by atoms with van der Waals surface area (Å²) in [5.41, 5.74) is 0.913. The van der Waals surface area contributed by atoms with Crippen molar-refractivity contribution in [2.45, 2.75) is 0 Å². The van der Waals surface area contributed by atoms with Crippen molar-refractivity contribution in [3.05, 3.63) is 47.2 Å². The van der Waals surface area contributed by atoms with Gasteiger partial charge in [-0.1, -0.05) is 6.07 Å². The molecule has 8 nitrogen and oxygen atoms in total. The number of nitriles is 4. The first kappa shape index (κ1) is 14.9. The molecule has 0 bridgehead atoms. The minimum atomic E-state index is -0.161. The number of nitrogens with zero attached hydrogens (tertiary/aromatic N) is 4. The maximum Gasteiger partial charge on any atom is 0.226 e. The van der Waals surface area contributed by atoms with Crippen molar-refractivity contribution in [3.8, 4) is 35.8 Å². The van der Waals surface area contributed by atoms with E-state index in [-0.39, 0.29) is 22.9 Å². The van der Waals surface area contributed by atoms with Crippen LogP contribution in [-0.2, 0) is 0 Å². The Bertz CT molecular complexity index is 1200. The lowest BCUT2D eigenvalue weighted by Crippen LogP contribution is -2.00. The van der Waals surface area contributed by atoms with Crippen molar-refractivity contribution in [1.82, 2.24) is 0 Å². The molecule has 0 radical (unpaired) electrons. The molecule has 2 aromatic rings. The molecule has 120 valence electrons. The normalized spacial score (nSPS) is 12.8. The fraction of sp³-hybridized carbons (Fsp3) is 0. The largest absolute Gasteiger partial charge is 0.437 e. The fourth-order valence-electron chi connectivity index (χ4n) is 2.70. The van der Waals surface area contributed by atoms with Crippen LogP contribution in [0.5, 0.6) is 11.5 Å². The number of benzene rings is 2. The highest BCUT2D eigenvalue weighted by Crippen LogP contribution is 2.45. The Labute approximate surface area is 147 Å². The standard InChI is InChI=1S/C18H6N6O2/c19-5-10(6-20)17-24-14-3-9-1-2-13-16(12(9)4-15(14)25-17)26-18(23-13)11(7-21)8-22/h1-4,23-24H. The Hall–Kier alpha value is -4.66. The van der Waals surface area contributed by atoms with Crippen LogP contribution in [0.15, 0.2) is 47.2 Å². The number of rotatable bonds is 0. The van der Waals surface area contributed by atoms with E-state index in [1.807, 2.05) is 6.07 Å². The second-order valence-corrected chi connectivity index (χ2v) is 5.32. The van der Waals surface area contributed by atoms with Gasteiger partial charge in [0.2, 0.25) is 11.8 Å². The Balaban J connectivity index is 1.85. The first-order valence-electron chi connectivity index (χ1n) is 7.28. The molecule has 0 aromatic heterocycles. The molecule has 0 fully saturated rings. The molecule has 0 unspecified atom stereocenters. The van der Waals surface area contributed by atoms with Crippen molar-refractivity contribution in [3.63, 3.8) is 0 Å². The average molecular weight is 338 g/mol. The summed E-state index contributed by atoms with van der Waals surface area (Å²) < 4.78 is 11.2. The Kier molecular flexibility index (Phi) is 3.13. The van der Waals surface area contributed by atoms with E-state index >= 15 is 0 Å². The van der Waals surface area contributed by atoms with Gasteiger partial charge in [0, 0.05) is 5.39 Å². The van der Waals surface area contributed by atoms with Gasteiger partial charge in [-0.2, -0.15) is 21.0 Å². The van der Waals surface area contributed by atoms with Gasteiger partial charge in [0.15, 0.2) is 22.6 Å². The third-order valence-electron chi connectivity index (χ3n) is 3.88. The van der Waals surface area contributed by atoms with Crippen LogP contribution in [0.2, 0.25) is 0 Å². The van der Waals surface area contributed by atoms with E-state index in [0.717, 1.165) is 5.39 Å². The van der Waals surface area contributed by atoms with Crippen LogP contribution in [0.25, 0.3) is 10.8 Å². The van der Waals surface area contributed by atoms with E-state index in [4.69, 9.17) is 30.5 Å². The van der Waals surface area contributed by atoms with Gasteiger partial charge in [0.25, 0.3) is 0 Å². The summed E-state index contributed by atoms with van der Waals surface area (Å²) in [5, 5.41) is 43.2. The molecular weight excluding hydrogens is 332 g/mol. The minimum absolute atomic E-state index is 0.0767. The number of hydrogen-bond acceptors (Lipinski definition) is 8. The molecule has 0 amide bonds. The predicted octanol–water partition coefficient (Wildman–Crippen LogP) is 2.97. The van der Waals surface area contributed by atoms with Crippen molar-refractivity contribution < 1.29 is 9.47 Å². The molecular formula is C18H6N6O2. The number of hydrogen-bond donors (Lipinski definition) is 2. The van der Waals surface area contributed by atoms with E-state index in [1.165, 1.54) is 0 Å². The van der Waals surface area contributed by atoms with Gasteiger partial charge < -0.3 is 20.1 Å². The molecule has 8 heteroatoms. The summed E-state index contributed by atoms with van der Waals surface area (Å²) in [7, 11) is 0. The highest BCUT2D eigenvalue weighted by atomic mass is 16.5.